The summed E-state index contributed by atoms with van der Waals surface area (Å²) in [6, 6.07) is 31.4. The number of imide groups is 2. The first kappa shape index (κ1) is 40.5. The first-order valence-corrected chi connectivity index (χ1v) is 20.6. The Morgan fingerprint density at radius 2 is 0.750 bits per heavy atom. The van der Waals surface area contributed by atoms with E-state index in [9.17, 15) is 19.2 Å². The van der Waals surface area contributed by atoms with Gasteiger partial charge in [-0.2, -0.15) is 0 Å². The zero-order valence-corrected chi connectivity index (χ0v) is 32.7. The van der Waals surface area contributed by atoms with Crippen LogP contribution >= 0.6 is 0 Å². The lowest BCUT2D eigenvalue weighted by Gasteiger charge is -2.26. The highest BCUT2D eigenvalue weighted by Gasteiger charge is 2.35. The van der Waals surface area contributed by atoms with Crippen LogP contribution in [0.15, 0.2) is 103 Å². The van der Waals surface area contributed by atoms with Crippen molar-refractivity contribution >= 4 is 45.2 Å². The highest BCUT2D eigenvalue weighted by molar-refractivity contribution is 6.25. The van der Waals surface area contributed by atoms with Gasteiger partial charge >= 0.3 is 0 Å². The van der Waals surface area contributed by atoms with Gasteiger partial charge in [-0.3, -0.25) is 28.9 Å². The fraction of sp³-hybridized carbons (Fsp3) is 0.375. The summed E-state index contributed by atoms with van der Waals surface area (Å²) in [7, 11) is 0. The minimum Gasteiger partial charge on any atom is -0.266 e. The molecule has 5 aromatic rings. The number of benzene rings is 5. The van der Waals surface area contributed by atoms with Crippen molar-refractivity contribution in [3.05, 3.63) is 131 Å². The van der Waals surface area contributed by atoms with Crippen molar-refractivity contribution in [3.8, 4) is 0 Å². The molecule has 2 aliphatic rings. The molecule has 0 aromatic heterocycles. The monoisotopic (exact) mass is 754 g/mol. The third kappa shape index (κ3) is 9.97. The zero-order chi connectivity index (χ0) is 39.1. The van der Waals surface area contributed by atoms with Crippen LogP contribution in [-0.2, 0) is 16.3 Å². The molecule has 0 aliphatic carbocycles. The number of hydrogen-bond acceptors (Lipinski definition) is 6. The lowest BCUT2D eigenvalue weighted by Crippen LogP contribution is -2.40. The number of unbranched alkanes of at least 4 members (excludes halogenated alkanes) is 14. The van der Waals surface area contributed by atoms with Gasteiger partial charge < -0.3 is 0 Å². The predicted molar refractivity (Wildman–Crippen MR) is 221 cm³/mol. The molecule has 0 saturated heterocycles. The second-order valence-corrected chi connectivity index (χ2v) is 14.8. The third-order valence-corrected chi connectivity index (χ3v) is 10.6. The molecule has 0 atom stereocenters. The van der Waals surface area contributed by atoms with Crippen molar-refractivity contribution in [2.45, 2.75) is 110 Å². The molecule has 0 saturated carbocycles. The van der Waals surface area contributed by atoms with Crippen molar-refractivity contribution in [3.63, 3.8) is 0 Å². The summed E-state index contributed by atoms with van der Waals surface area (Å²) >= 11 is 0. The maximum atomic E-state index is 12.8. The van der Waals surface area contributed by atoms with Crippen LogP contribution in [0.2, 0.25) is 0 Å². The van der Waals surface area contributed by atoms with E-state index < -0.39 is 11.8 Å². The number of rotatable bonds is 20. The SMILES string of the molecule is CCCCCCCCCCCCCCCCCON1C(=O)c2cccc3cccc(c23)C1=O.O=C1c2cccc3cccc(c23)C(=O)N1OCc1ccccc1. The first-order valence-electron chi connectivity index (χ1n) is 20.6. The number of amides is 4. The molecule has 5 aromatic carbocycles. The Morgan fingerprint density at radius 3 is 1.14 bits per heavy atom. The molecule has 56 heavy (non-hydrogen) atoms. The van der Waals surface area contributed by atoms with E-state index in [0.717, 1.165) is 44.7 Å². The van der Waals surface area contributed by atoms with Gasteiger partial charge in [-0.1, -0.05) is 176 Å². The lowest BCUT2D eigenvalue weighted by molar-refractivity contribution is -0.104. The molecular weight excluding hydrogens is 701 g/mol. The summed E-state index contributed by atoms with van der Waals surface area (Å²) in [5, 5.41) is 5.05. The highest BCUT2D eigenvalue weighted by atomic mass is 16.7. The standard InChI is InChI=1S/C29H41NO3.C19H13NO3/c1-2-3-4-5-6-7-8-9-10-11-12-13-14-15-16-23-33-30-28(31)25-21-17-19-24-20-18-22-26(27(24)25)29(30)32;21-18-15-10-4-8-14-9-5-11-16(17(14)15)19(22)20(18)23-12-13-6-2-1-3-7-13/h17-22H,2-16,23H2,1H3;1-11H,12H2. The molecule has 7 rings (SSSR count). The number of carbonyl (C=O) groups excluding carboxylic acids is 4. The maximum Gasteiger partial charge on any atom is 0.285 e. The summed E-state index contributed by atoms with van der Waals surface area (Å²) in [5.41, 5.74) is 2.96. The van der Waals surface area contributed by atoms with Crippen LogP contribution in [0.4, 0.5) is 0 Å². The zero-order valence-electron chi connectivity index (χ0n) is 32.7. The van der Waals surface area contributed by atoms with Crippen molar-refractivity contribution in [1.82, 2.24) is 10.1 Å². The smallest absolute Gasteiger partial charge is 0.266 e. The van der Waals surface area contributed by atoms with Crippen LogP contribution in [0.3, 0.4) is 0 Å². The van der Waals surface area contributed by atoms with Gasteiger partial charge in [-0.15, -0.1) is 10.1 Å². The Hall–Kier alpha value is -5.18. The lowest BCUT2D eigenvalue weighted by atomic mass is 9.95. The maximum absolute atomic E-state index is 12.8. The predicted octanol–water partition coefficient (Wildman–Crippen LogP) is 11.8. The minimum absolute atomic E-state index is 0.163. The Balaban J connectivity index is 0.000000201. The van der Waals surface area contributed by atoms with Crippen molar-refractivity contribution in [1.29, 1.82) is 0 Å². The van der Waals surface area contributed by atoms with Crippen molar-refractivity contribution in [2.75, 3.05) is 6.61 Å². The molecule has 0 unspecified atom stereocenters. The van der Waals surface area contributed by atoms with Gasteiger partial charge in [0.1, 0.15) is 6.61 Å². The number of hydroxylamine groups is 4. The molecule has 292 valence electrons. The van der Waals surface area contributed by atoms with Crippen LogP contribution in [0.25, 0.3) is 21.5 Å². The van der Waals surface area contributed by atoms with Gasteiger partial charge in [0.05, 0.1) is 28.9 Å². The van der Waals surface area contributed by atoms with Gasteiger partial charge in [0.2, 0.25) is 0 Å². The van der Waals surface area contributed by atoms with Crippen molar-refractivity contribution < 1.29 is 28.9 Å². The van der Waals surface area contributed by atoms with Crippen LogP contribution < -0.4 is 0 Å². The summed E-state index contributed by atoms with van der Waals surface area (Å²) < 4.78 is 0. The molecule has 2 aliphatic heterocycles. The molecule has 8 heteroatoms. The number of hydrogen-bond donors (Lipinski definition) is 0. The van der Waals surface area contributed by atoms with E-state index in [1.807, 2.05) is 78.9 Å². The van der Waals surface area contributed by atoms with E-state index in [1.54, 1.807) is 24.3 Å². The Bertz CT molecular complexity index is 2010. The average molecular weight is 755 g/mol. The second kappa shape index (κ2) is 20.7. The minimum atomic E-state index is -0.421. The summed E-state index contributed by atoms with van der Waals surface area (Å²) in [6.07, 6.45) is 19.6. The molecule has 0 radical (unpaired) electrons. The van der Waals surface area contributed by atoms with Crippen LogP contribution in [0.1, 0.15) is 150 Å². The molecular formula is C48H54N2O6. The summed E-state index contributed by atoms with van der Waals surface area (Å²) in [6.45, 7) is 2.83. The number of carbonyl (C=O) groups is 4. The highest BCUT2D eigenvalue weighted by Crippen LogP contribution is 2.31. The topological polar surface area (TPSA) is 93.2 Å². The molecule has 0 N–H and O–H groups in total. The van der Waals surface area contributed by atoms with Crippen LogP contribution in [-0.4, -0.2) is 40.4 Å². The average Bonchev–Trinajstić information content (AvgIpc) is 3.23. The Kier molecular flexibility index (Phi) is 14.9. The van der Waals surface area contributed by atoms with E-state index in [0.29, 0.717) is 34.2 Å². The van der Waals surface area contributed by atoms with Gasteiger partial charge in [-0.25, -0.2) is 0 Å². The molecule has 4 amide bonds. The first-order chi connectivity index (χ1) is 27.5. The fourth-order valence-electron chi connectivity index (χ4n) is 7.59. The molecule has 2 heterocycles. The van der Waals surface area contributed by atoms with Gasteiger partial charge in [0, 0.05) is 10.8 Å². The van der Waals surface area contributed by atoms with Crippen LogP contribution in [0.5, 0.6) is 0 Å². The van der Waals surface area contributed by atoms with E-state index >= 15 is 0 Å². The quantitative estimate of drug-likeness (QED) is 0.0580. The largest absolute Gasteiger partial charge is 0.285 e. The van der Waals surface area contributed by atoms with Gasteiger partial charge in [-0.05, 0) is 47.0 Å². The second-order valence-electron chi connectivity index (χ2n) is 14.8. The van der Waals surface area contributed by atoms with E-state index in [2.05, 4.69) is 6.92 Å². The van der Waals surface area contributed by atoms with E-state index in [-0.39, 0.29) is 18.4 Å². The van der Waals surface area contributed by atoms with Gasteiger partial charge in [0.15, 0.2) is 0 Å². The normalized spacial score (nSPS) is 13.4. The molecule has 0 spiro atoms. The van der Waals surface area contributed by atoms with Gasteiger partial charge in [0.25, 0.3) is 23.6 Å². The Morgan fingerprint density at radius 1 is 0.393 bits per heavy atom. The summed E-state index contributed by atoms with van der Waals surface area (Å²) in [5.74, 6) is -1.55. The van der Waals surface area contributed by atoms with Crippen molar-refractivity contribution in [2.24, 2.45) is 0 Å². The number of nitrogens with zero attached hydrogens (tertiary/aromatic N) is 2. The third-order valence-electron chi connectivity index (χ3n) is 10.6. The Labute approximate surface area is 330 Å². The van der Waals surface area contributed by atoms with E-state index in [4.69, 9.17) is 9.68 Å². The molecule has 8 nitrogen and oxygen atoms in total. The molecule has 0 fully saturated rings. The molecule has 0 bridgehead atoms. The summed E-state index contributed by atoms with van der Waals surface area (Å²) in [4.78, 5) is 62.0. The van der Waals surface area contributed by atoms with Crippen LogP contribution in [0, 0.1) is 0 Å². The van der Waals surface area contributed by atoms with E-state index in [1.165, 1.54) is 83.5 Å². The fourth-order valence-corrected chi connectivity index (χ4v) is 7.59.